The number of hydrogen-bond acceptors (Lipinski definition) is 3. The van der Waals surface area contributed by atoms with Crippen molar-refractivity contribution in [3.8, 4) is 0 Å². The smallest absolute Gasteiger partial charge is 0.236 e. The minimum atomic E-state index is 0.351. The third kappa shape index (κ3) is 3.04. The molecule has 4 heteroatoms. The van der Waals surface area contributed by atoms with Gasteiger partial charge in [0.15, 0.2) is 0 Å². The van der Waals surface area contributed by atoms with E-state index in [4.69, 9.17) is 0 Å². The van der Waals surface area contributed by atoms with Gasteiger partial charge in [0.2, 0.25) is 5.91 Å². The zero-order valence-electron chi connectivity index (χ0n) is 11.2. The van der Waals surface area contributed by atoms with Crippen LogP contribution in [0, 0.1) is 0 Å². The molecule has 0 aromatic heterocycles. The SMILES string of the molecule is O=C(CN(CC1CCCCN1)C1CC1)N1CCC1. The van der Waals surface area contributed by atoms with E-state index < -0.39 is 0 Å². The third-order valence-electron chi connectivity index (χ3n) is 4.48. The molecule has 3 fully saturated rings. The van der Waals surface area contributed by atoms with Crippen LogP contribution in [0.2, 0.25) is 0 Å². The second-order valence-corrected chi connectivity index (χ2v) is 6.04. The summed E-state index contributed by atoms with van der Waals surface area (Å²) in [6, 6.07) is 1.31. The first-order chi connectivity index (χ1) is 8.83. The van der Waals surface area contributed by atoms with Crippen molar-refractivity contribution in [2.45, 2.75) is 50.6 Å². The van der Waals surface area contributed by atoms with Crippen LogP contribution in [0.3, 0.4) is 0 Å². The molecule has 4 nitrogen and oxygen atoms in total. The van der Waals surface area contributed by atoms with E-state index in [0.29, 0.717) is 24.5 Å². The Morgan fingerprint density at radius 3 is 2.56 bits per heavy atom. The fourth-order valence-electron chi connectivity index (χ4n) is 2.98. The first-order valence-electron chi connectivity index (χ1n) is 7.58. The molecular formula is C14H25N3O. The summed E-state index contributed by atoms with van der Waals surface area (Å²) in [5.74, 6) is 0.351. The number of carbonyl (C=O) groups is 1. The number of rotatable bonds is 5. The van der Waals surface area contributed by atoms with E-state index in [9.17, 15) is 4.79 Å². The number of nitrogens with zero attached hydrogens (tertiary/aromatic N) is 2. The molecule has 1 saturated carbocycles. The zero-order chi connectivity index (χ0) is 12.4. The van der Waals surface area contributed by atoms with Crippen LogP contribution in [-0.2, 0) is 4.79 Å². The first-order valence-corrected chi connectivity index (χ1v) is 7.58. The van der Waals surface area contributed by atoms with Crippen LogP contribution >= 0.6 is 0 Å². The van der Waals surface area contributed by atoms with E-state index in [-0.39, 0.29) is 0 Å². The van der Waals surface area contributed by atoms with E-state index in [2.05, 4.69) is 10.2 Å². The summed E-state index contributed by atoms with van der Waals surface area (Å²) in [4.78, 5) is 16.5. The van der Waals surface area contributed by atoms with Crippen LogP contribution in [0.1, 0.15) is 38.5 Å². The van der Waals surface area contributed by atoms with Crippen molar-refractivity contribution in [2.24, 2.45) is 0 Å². The van der Waals surface area contributed by atoms with E-state index in [1.165, 1.54) is 38.5 Å². The van der Waals surface area contributed by atoms with Crippen LogP contribution in [-0.4, -0.2) is 60.5 Å². The van der Waals surface area contributed by atoms with Crippen molar-refractivity contribution in [2.75, 3.05) is 32.7 Å². The van der Waals surface area contributed by atoms with Crippen molar-refractivity contribution in [3.63, 3.8) is 0 Å². The summed E-state index contributed by atoms with van der Waals surface area (Å²) in [5.41, 5.74) is 0. The van der Waals surface area contributed by atoms with Gasteiger partial charge in [-0.05, 0) is 38.6 Å². The quantitative estimate of drug-likeness (QED) is 0.786. The highest BCUT2D eigenvalue weighted by Gasteiger charge is 2.33. The molecule has 18 heavy (non-hydrogen) atoms. The van der Waals surface area contributed by atoms with E-state index >= 15 is 0 Å². The number of nitrogens with one attached hydrogen (secondary N) is 1. The van der Waals surface area contributed by atoms with Gasteiger partial charge in [-0.2, -0.15) is 0 Å². The fraction of sp³-hybridized carbons (Fsp3) is 0.929. The molecule has 1 atom stereocenters. The second-order valence-electron chi connectivity index (χ2n) is 6.04. The highest BCUT2D eigenvalue weighted by atomic mass is 16.2. The molecule has 1 unspecified atom stereocenters. The number of amides is 1. The lowest BCUT2D eigenvalue weighted by atomic mass is 10.0. The van der Waals surface area contributed by atoms with Gasteiger partial charge in [0, 0.05) is 31.7 Å². The zero-order valence-corrected chi connectivity index (χ0v) is 11.2. The summed E-state index contributed by atoms with van der Waals surface area (Å²) in [6.07, 6.45) is 7.71. The Morgan fingerprint density at radius 2 is 2.00 bits per heavy atom. The van der Waals surface area contributed by atoms with Gasteiger partial charge in [0.05, 0.1) is 6.54 Å². The van der Waals surface area contributed by atoms with Crippen molar-refractivity contribution in [1.29, 1.82) is 0 Å². The lowest BCUT2D eigenvalue weighted by Crippen LogP contribution is -2.51. The molecule has 2 aliphatic heterocycles. The minimum absolute atomic E-state index is 0.351. The highest BCUT2D eigenvalue weighted by molar-refractivity contribution is 5.79. The Morgan fingerprint density at radius 1 is 1.17 bits per heavy atom. The van der Waals surface area contributed by atoms with Gasteiger partial charge < -0.3 is 10.2 Å². The Balaban J connectivity index is 1.49. The third-order valence-corrected chi connectivity index (χ3v) is 4.48. The van der Waals surface area contributed by atoms with Crippen LogP contribution in [0.5, 0.6) is 0 Å². The highest BCUT2D eigenvalue weighted by Crippen LogP contribution is 2.27. The van der Waals surface area contributed by atoms with Crippen molar-refractivity contribution < 1.29 is 4.79 Å². The van der Waals surface area contributed by atoms with Gasteiger partial charge in [0.1, 0.15) is 0 Å². The normalized spacial score (nSPS) is 28.3. The number of likely N-dealkylation sites (tertiary alicyclic amines) is 1. The van der Waals surface area contributed by atoms with Crippen LogP contribution in [0.25, 0.3) is 0 Å². The van der Waals surface area contributed by atoms with Crippen molar-refractivity contribution in [1.82, 2.24) is 15.1 Å². The van der Waals surface area contributed by atoms with E-state index in [0.717, 1.165) is 26.2 Å². The lowest BCUT2D eigenvalue weighted by molar-refractivity contribution is -0.136. The molecule has 0 aromatic rings. The molecule has 0 radical (unpaired) electrons. The Hall–Kier alpha value is -0.610. The number of carbonyl (C=O) groups excluding carboxylic acids is 1. The van der Waals surface area contributed by atoms with Crippen molar-refractivity contribution >= 4 is 5.91 Å². The summed E-state index contributed by atoms with van der Waals surface area (Å²) in [6.45, 7) is 4.86. The number of hydrogen-bond donors (Lipinski definition) is 1. The summed E-state index contributed by atoms with van der Waals surface area (Å²) in [5, 5.41) is 3.60. The maximum absolute atomic E-state index is 12.1. The molecular weight excluding hydrogens is 226 g/mol. The van der Waals surface area contributed by atoms with Gasteiger partial charge in [-0.15, -0.1) is 0 Å². The van der Waals surface area contributed by atoms with E-state index in [1.807, 2.05) is 4.90 Å². The molecule has 1 aliphatic carbocycles. The van der Waals surface area contributed by atoms with Crippen LogP contribution in [0.15, 0.2) is 0 Å². The molecule has 3 aliphatic rings. The standard InChI is InChI=1S/C14H25N3O/c18-14(16-8-3-9-16)11-17(13-5-6-13)10-12-4-1-2-7-15-12/h12-13,15H,1-11H2. The monoisotopic (exact) mass is 251 g/mol. The summed E-state index contributed by atoms with van der Waals surface area (Å²) >= 11 is 0. The minimum Gasteiger partial charge on any atom is -0.341 e. The Bertz CT molecular complexity index is 293. The maximum atomic E-state index is 12.1. The average molecular weight is 251 g/mol. The molecule has 0 bridgehead atoms. The maximum Gasteiger partial charge on any atom is 0.236 e. The lowest BCUT2D eigenvalue weighted by Gasteiger charge is -2.35. The predicted molar refractivity (Wildman–Crippen MR) is 71.4 cm³/mol. The van der Waals surface area contributed by atoms with Gasteiger partial charge >= 0.3 is 0 Å². The molecule has 2 saturated heterocycles. The Kier molecular flexibility index (Phi) is 3.85. The van der Waals surface area contributed by atoms with Crippen molar-refractivity contribution in [3.05, 3.63) is 0 Å². The predicted octanol–water partition coefficient (Wildman–Crippen LogP) is 0.825. The molecule has 3 rings (SSSR count). The molecule has 1 amide bonds. The van der Waals surface area contributed by atoms with Gasteiger partial charge in [-0.1, -0.05) is 6.42 Å². The first kappa shape index (κ1) is 12.4. The molecule has 0 aromatic carbocycles. The van der Waals surface area contributed by atoms with Gasteiger partial charge in [-0.3, -0.25) is 9.69 Å². The molecule has 1 N–H and O–H groups in total. The molecule has 0 spiro atoms. The van der Waals surface area contributed by atoms with Gasteiger partial charge in [-0.25, -0.2) is 0 Å². The largest absolute Gasteiger partial charge is 0.341 e. The topological polar surface area (TPSA) is 35.6 Å². The van der Waals surface area contributed by atoms with Crippen LogP contribution < -0.4 is 5.32 Å². The average Bonchev–Trinajstić information content (AvgIpc) is 3.11. The van der Waals surface area contributed by atoms with Crippen LogP contribution in [0.4, 0.5) is 0 Å². The van der Waals surface area contributed by atoms with E-state index in [1.54, 1.807) is 0 Å². The number of piperidine rings is 1. The molecule has 102 valence electrons. The summed E-state index contributed by atoms with van der Waals surface area (Å²) < 4.78 is 0. The summed E-state index contributed by atoms with van der Waals surface area (Å²) in [7, 11) is 0. The second kappa shape index (κ2) is 5.57. The van der Waals surface area contributed by atoms with Gasteiger partial charge in [0.25, 0.3) is 0 Å². The fourth-order valence-corrected chi connectivity index (χ4v) is 2.98. The Labute approximate surface area is 110 Å². The molecule has 2 heterocycles.